The standard InChI is InChI=1S/C11H19NO4/c1-8(2)12(7-10(13)15-3)11(14)9-5-4-6-16-9/h8-9H,4-7H2,1-3H3/t9-/m1/s1. The van der Waals surface area contributed by atoms with Crippen LogP contribution in [0.2, 0.25) is 0 Å². The molecule has 92 valence electrons. The summed E-state index contributed by atoms with van der Waals surface area (Å²) in [6, 6.07) is -0.0317. The van der Waals surface area contributed by atoms with Crippen molar-refractivity contribution in [2.75, 3.05) is 20.3 Å². The molecule has 0 N–H and O–H groups in total. The number of methoxy groups -OCH3 is 1. The molecule has 16 heavy (non-hydrogen) atoms. The first-order valence-corrected chi connectivity index (χ1v) is 5.55. The number of carbonyl (C=O) groups is 2. The Kier molecular flexibility index (Phi) is 4.73. The van der Waals surface area contributed by atoms with Crippen LogP contribution in [0.25, 0.3) is 0 Å². The molecule has 0 radical (unpaired) electrons. The lowest BCUT2D eigenvalue weighted by Crippen LogP contribution is -2.46. The van der Waals surface area contributed by atoms with Gasteiger partial charge in [0.1, 0.15) is 12.6 Å². The van der Waals surface area contributed by atoms with E-state index in [4.69, 9.17) is 4.74 Å². The quantitative estimate of drug-likeness (QED) is 0.661. The summed E-state index contributed by atoms with van der Waals surface area (Å²) in [7, 11) is 1.32. The lowest BCUT2D eigenvalue weighted by Gasteiger charge is -2.27. The Bertz CT molecular complexity index is 259. The number of hydrogen-bond acceptors (Lipinski definition) is 4. The lowest BCUT2D eigenvalue weighted by molar-refractivity contribution is -0.152. The highest BCUT2D eigenvalue weighted by Gasteiger charge is 2.30. The molecule has 1 atom stereocenters. The second-order valence-corrected chi connectivity index (χ2v) is 4.14. The van der Waals surface area contributed by atoms with Crippen molar-refractivity contribution in [3.8, 4) is 0 Å². The fourth-order valence-electron chi connectivity index (χ4n) is 1.68. The molecule has 1 saturated heterocycles. The highest BCUT2D eigenvalue weighted by Crippen LogP contribution is 2.16. The van der Waals surface area contributed by atoms with Crippen LogP contribution in [0.3, 0.4) is 0 Å². The maximum atomic E-state index is 12.0. The predicted octanol–water partition coefficient (Wildman–Crippen LogP) is 0.575. The topological polar surface area (TPSA) is 55.8 Å². The van der Waals surface area contributed by atoms with Gasteiger partial charge in [-0.2, -0.15) is 0 Å². The lowest BCUT2D eigenvalue weighted by atomic mass is 10.2. The molecule has 1 aliphatic rings. The van der Waals surface area contributed by atoms with Crippen molar-refractivity contribution >= 4 is 11.9 Å². The van der Waals surface area contributed by atoms with Crippen molar-refractivity contribution in [2.24, 2.45) is 0 Å². The Hall–Kier alpha value is -1.10. The molecule has 5 nitrogen and oxygen atoms in total. The van der Waals surface area contributed by atoms with Crippen molar-refractivity contribution in [1.82, 2.24) is 4.90 Å². The van der Waals surface area contributed by atoms with Crippen LogP contribution >= 0.6 is 0 Å². The molecule has 0 aromatic heterocycles. The fourth-order valence-corrected chi connectivity index (χ4v) is 1.68. The van der Waals surface area contributed by atoms with Gasteiger partial charge >= 0.3 is 5.97 Å². The summed E-state index contributed by atoms with van der Waals surface area (Å²) in [5.41, 5.74) is 0. The van der Waals surface area contributed by atoms with E-state index in [1.54, 1.807) is 0 Å². The van der Waals surface area contributed by atoms with Crippen LogP contribution in [-0.2, 0) is 19.1 Å². The molecule has 1 heterocycles. The smallest absolute Gasteiger partial charge is 0.325 e. The summed E-state index contributed by atoms with van der Waals surface area (Å²) in [6.07, 6.45) is 1.26. The summed E-state index contributed by atoms with van der Waals surface area (Å²) in [4.78, 5) is 24.7. The number of rotatable bonds is 4. The maximum absolute atomic E-state index is 12.0. The highest BCUT2D eigenvalue weighted by atomic mass is 16.5. The van der Waals surface area contributed by atoms with Gasteiger partial charge in [0, 0.05) is 12.6 Å². The monoisotopic (exact) mass is 229 g/mol. The Labute approximate surface area is 95.7 Å². The van der Waals surface area contributed by atoms with Gasteiger partial charge in [-0.3, -0.25) is 9.59 Å². The zero-order chi connectivity index (χ0) is 12.1. The van der Waals surface area contributed by atoms with E-state index in [0.29, 0.717) is 6.61 Å². The molecular weight excluding hydrogens is 210 g/mol. The molecule has 1 rings (SSSR count). The minimum atomic E-state index is -0.403. The number of hydrogen-bond donors (Lipinski definition) is 0. The number of esters is 1. The largest absolute Gasteiger partial charge is 0.468 e. The van der Waals surface area contributed by atoms with Crippen LogP contribution in [0.15, 0.2) is 0 Å². The minimum absolute atomic E-state index is 0.00708. The fraction of sp³-hybridized carbons (Fsp3) is 0.818. The molecule has 0 bridgehead atoms. The predicted molar refractivity (Wildman–Crippen MR) is 57.8 cm³/mol. The van der Waals surface area contributed by atoms with Crippen molar-refractivity contribution in [3.63, 3.8) is 0 Å². The average Bonchev–Trinajstić information content (AvgIpc) is 2.77. The van der Waals surface area contributed by atoms with Gasteiger partial charge in [-0.05, 0) is 26.7 Å². The van der Waals surface area contributed by atoms with E-state index in [1.807, 2.05) is 13.8 Å². The van der Waals surface area contributed by atoms with Gasteiger partial charge < -0.3 is 14.4 Å². The maximum Gasteiger partial charge on any atom is 0.325 e. The second kappa shape index (κ2) is 5.84. The Morgan fingerprint density at radius 3 is 2.62 bits per heavy atom. The third-order valence-electron chi connectivity index (χ3n) is 2.64. The summed E-state index contributed by atoms with van der Waals surface area (Å²) in [5.74, 6) is -0.516. The van der Waals surface area contributed by atoms with Gasteiger partial charge in [0.15, 0.2) is 0 Å². The van der Waals surface area contributed by atoms with E-state index in [9.17, 15) is 9.59 Å². The van der Waals surface area contributed by atoms with E-state index >= 15 is 0 Å². The molecule has 1 fully saturated rings. The van der Waals surface area contributed by atoms with Crippen LogP contribution in [0.4, 0.5) is 0 Å². The van der Waals surface area contributed by atoms with E-state index in [-0.39, 0.29) is 24.6 Å². The van der Waals surface area contributed by atoms with Crippen LogP contribution in [0.5, 0.6) is 0 Å². The van der Waals surface area contributed by atoms with Gasteiger partial charge in [-0.15, -0.1) is 0 Å². The SMILES string of the molecule is COC(=O)CN(C(=O)[C@H]1CCCO1)C(C)C. The van der Waals surface area contributed by atoms with Gasteiger partial charge in [0.2, 0.25) is 0 Å². The first-order valence-electron chi connectivity index (χ1n) is 5.55. The van der Waals surface area contributed by atoms with Crippen molar-refractivity contribution in [2.45, 2.75) is 38.8 Å². The van der Waals surface area contributed by atoms with Gasteiger partial charge in [-0.25, -0.2) is 0 Å². The molecule has 0 aromatic carbocycles. The van der Waals surface area contributed by atoms with Crippen molar-refractivity contribution < 1.29 is 19.1 Å². The minimum Gasteiger partial charge on any atom is -0.468 e. The molecule has 1 aliphatic heterocycles. The van der Waals surface area contributed by atoms with Crippen molar-refractivity contribution in [3.05, 3.63) is 0 Å². The second-order valence-electron chi connectivity index (χ2n) is 4.14. The summed E-state index contributed by atoms with van der Waals surface area (Å²) in [5, 5.41) is 0. The molecule has 1 amide bonds. The third kappa shape index (κ3) is 3.20. The first kappa shape index (κ1) is 13.0. The first-order chi connectivity index (χ1) is 7.56. The normalized spacial score (nSPS) is 19.9. The Morgan fingerprint density at radius 1 is 1.50 bits per heavy atom. The zero-order valence-electron chi connectivity index (χ0n) is 10.1. The zero-order valence-corrected chi connectivity index (χ0v) is 10.1. The molecule has 0 saturated carbocycles. The van der Waals surface area contributed by atoms with Gasteiger partial charge in [-0.1, -0.05) is 0 Å². The van der Waals surface area contributed by atoms with E-state index < -0.39 is 5.97 Å². The summed E-state index contributed by atoms with van der Waals surface area (Å²) >= 11 is 0. The van der Waals surface area contributed by atoms with Crippen LogP contribution in [0, 0.1) is 0 Å². The average molecular weight is 229 g/mol. The molecule has 0 unspecified atom stereocenters. The molecule has 0 aromatic rings. The number of amides is 1. The van der Waals surface area contributed by atoms with E-state index in [2.05, 4.69) is 4.74 Å². The number of carbonyl (C=O) groups excluding carboxylic acids is 2. The van der Waals surface area contributed by atoms with Crippen molar-refractivity contribution in [1.29, 1.82) is 0 Å². The van der Waals surface area contributed by atoms with Gasteiger partial charge in [0.25, 0.3) is 5.91 Å². The Morgan fingerprint density at radius 2 is 2.19 bits per heavy atom. The number of ether oxygens (including phenoxy) is 2. The molecule has 0 aliphatic carbocycles. The molecule has 0 spiro atoms. The van der Waals surface area contributed by atoms with Crippen LogP contribution < -0.4 is 0 Å². The molecular formula is C11H19NO4. The summed E-state index contributed by atoms with van der Waals surface area (Å²) in [6.45, 7) is 4.36. The summed E-state index contributed by atoms with van der Waals surface area (Å²) < 4.78 is 9.89. The van der Waals surface area contributed by atoms with Crippen LogP contribution in [-0.4, -0.2) is 49.2 Å². The third-order valence-corrected chi connectivity index (χ3v) is 2.64. The molecule has 5 heteroatoms. The van der Waals surface area contributed by atoms with E-state index in [1.165, 1.54) is 12.0 Å². The number of nitrogens with zero attached hydrogens (tertiary/aromatic N) is 1. The van der Waals surface area contributed by atoms with Gasteiger partial charge in [0.05, 0.1) is 7.11 Å². The Balaban J connectivity index is 2.61. The van der Waals surface area contributed by atoms with E-state index in [0.717, 1.165) is 12.8 Å². The van der Waals surface area contributed by atoms with Crippen LogP contribution in [0.1, 0.15) is 26.7 Å². The highest BCUT2D eigenvalue weighted by molar-refractivity contribution is 5.85.